The van der Waals surface area contributed by atoms with Crippen LogP contribution in [0.5, 0.6) is 0 Å². The van der Waals surface area contributed by atoms with Crippen molar-refractivity contribution in [1.82, 2.24) is 9.97 Å². The summed E-state index contributed by atoms with van der Waals surface area (Å²) in [6.45, 7) is 4.52. The number of amides is 1. The molecule has 1 aliphatic rings. The first-order valence-corrected chi connectivity index (χ1v) is 10.2. The second-order valence-corrected chi connectivity index (χ2v) is 8.08. The maximum absolute atomic E-state index is 12.6. The minimum atomic E-state index is -1.00. The molecule has 24 heavy (non-hydrogen) atoms. The number of carbonyl (C=O) groups excluding carboxylic acids is 1. The van der Waals surface area contributed by atoms with Crippen molar-refractivity contribution in [2.45, 2.75) is 30.3 Å². The third-order valence-electron chi connectivity index (χ3n) is 3.87. The van der Waals surface area contributed by atoms with Crippen molar-refractivity contribution < 1.29 is 9.00 Å². The van der Waals surface area contributed by atoms with Gasteiger partial charge >= 0.3 is 0 Å². The van der Waals surface area contributed by atoms with Crippen molar-refractivity contribution in [2.75, 3.05) is 23.5 Å². The molecule has 2 aromatic rings. The lowest BCUT2D eigenvalue weighted by molar-refractivity contribution is -0.116. The van der Waals surface area contributed by atoms with Crippen molar-refractivity contribution in [3.8, 4) is 0 Å². The number of rotatable bonds is 4. The molecule has 5 nitrogen and oxygen atoms in total. The van der Waals surface area contributed by atoms with E-state index in [1.54, 1.807) is 11.2 Å². The molecule has 0 spiro atoms. The average molecular weight is 361 g/mol. The predicted octanol–water partition coefficient (Wildman–Crippen LogP) is 2.51. The minimum absolute atomic E-state index is 0.0480. The van der Waals surface area contributed by atoms with Crippen molar-refractivity contribution in [3.63, 3.8) is 0 Å². The van der Waals surface area contributed by atoms with Crippen molar-refractivity contribution in [3.05, 3.63) is 41.2 Å². The summed E-state index contributed by atoms with van der Waals surface area (Å²) >= 11 is 1.36. The van der Waals surface area contributed by atoms with Crippen LogP contribution >= 0.6 is 11.8 Å². The number of hydrogen-bond donors (Lipinski definition) is 0. The summed E-state index contributed by atoms with van der Waals surface area (Å²) in [5.41, 5.74) is 3.83. The highest BCUT2D eigenvalue weighted by Crippen LogP contribution is 2.30. The van der Waals surface area contributed by atoms with Crippen LogP contribution in [0.15, 0.2) is 34.3 Å². The Labute approximate surface area is 148 Å². The van der Waals surface area contributed by atoms with Gasteiger partial charge in [0, 0.05) is 45.6 Å². The average Bonchev–Trinajstić information content (AvgIpc) is 2.94. The molecule has 2 heterocycles. The molecule has 1 aliphatic heterocycles. The van der Waals surface area contributed by atoms with Gasteiger partial charge < -0.3 is 4.90 Å². The van der Waals surface area contributed by atoms with E-state index in [9.17, 15) is 9.00 Å². The molecule has 1 atom stereocenters. The van der Waals surface area contributed by atoms with Gasteiger partial charge in [-0.1, -0.05) is 11.8 Å². The zero-order chi connectivity index (χ0) is 17.3. The molecule has 126 valence electrons. The Kier molecular flexibility index (Phi) is 5.01. The molecular weight excluding hydrogens is 342 g/mol. The van der Waals surface area contributed by atoms with E-state index in [1.165, 1.54) is 11.8 Å². The van der Waals surface area contributed by atoms with Crippen LogP contribution in [-0.2, 0) is 22.0 Å². The third-order valence-corrected chi connectivity index (χ3v) is 5.62. The molecular formula is C17H19N3O2S2. The molecule has 0 saturated heterocycles. The Morgan fingerprint density at radius 1 is 1.25 bits per heavy atom. The summed E-state index contributed by atoms with van der Waals surface area (Å²) in [5, 5.41) is 0.636. The van der Waals surface area contributed by atoms with E-state index in [-0.39, 0.29) is 5.91 Å². The van der Waals surface area contributed by atoms with Gasteiger partial charge in [0.1, 0.15) is 0 Å². The molecule has 0 N–H and O–H groups in total. The normalized spacial score (nSPS) is 14.5. The standard InChI is InChI=1S/C17H19N3O2S2/c1-11-8-12(2)19-17(18-11)23-10-16(21)20-7-6-13-9-14(24(3)22)4-5-15(13)20/h4-5,8-9H,6-7,10H2,1-3H3. The van der Waals surface area contributed by atoms with Gasteiger partial charge in [-0.3, -0.25) is 9.00 Å². The molecule has 0 radical (unpaired) electrons. The lowest BCUT2D eigenvalue weighted by Crippen LogP contribution is -2.30. The molecule has 1 unspecified atom stereocenters. The molecule has 1 aromatic heterocycles. The maximum atomic E-state index is 12.6. The molecule has 1 aromatic carbocycles. The molecule has 7 heteroatoms. The Morgan fingerprint density at radius 2 is 1.96 bits per heavy atom. The second kappa shape index (κ2) is 7.03. The van der Waals surface area contributed by atoms with Crippen molar-refractivity contribution >= 4 is 34.2 Å². The van der Waals surface area contributed by atoms with Crippen LogP contribution in [0.4, 0.5) is 5.69 Å². The smallest absolute Gasteiger partial charge is 0.237 e. The van der Waals surface area contributed by atoms with Gasteiger partial charge in [-0.15, -0.1) is 0 Å². The molecule has 0 bridgehead atoms. The summed E-state index contributed by atoms with van der Waals surface area (Å²) in [4.78, 5) is 23.9. The topological polar surface area (TPSA) is 63.2 Å². The number of carbonyl (C=O) groups is 1. The van der Waals surface area contributed by atoms with Crippen LogP contribution < -0.4 is 4.90 Å². The first-order valence-electron chi connectivity index (χ1n) is 7.66. The number of aromatic nitrogens is 2. The van der Waals surface area contributed by atoms with Crippen LogP contribution in [0.25, 0.3) is 0 Å². The minimum Gasteiger partial charge on any atom is -0.311 e. The Morgan fingerprint density at radius 3 is 2.62 bits per heavy atom. The number of hydrogen-bond acceptors (Lipinski definition) is 5. The van der Waals surface area contributed by atoms with E-state index in [2.05, 4.69) is 9.97 Å². The van der Waals surface area contributed by atoms with E-state index in [1.807, 2.05) is 38.1 Å². The van der Waals surface area contributed by atoms with Gasteiger partial charge in [0.2, 0.25) is 5.91 Å². The second-order valence-electron chi connectivity index (χ2n) is 5.76. The van der Waals surface area contributed by atoms with Crippen LogP contribution in [0, 0.1) is 13.8 Å². The van der Waals surface area contributed by atoms with Crippen LogP contribution in [0.3, 0.4) is 0 Å². The summed E-state index contributed by atoms with van der Waals surface area (Å²) in [7, 11) is -1.00. The number of thioether (sulfide) groups is 1. The Balaban J connectivity index is 1.70. The molecule has 0 saturated carbocycles. The highest BCUT2D eigenvalue weighted by Gasteiger charge is 2.25. The highest BCUT2D eigenvalue weighted by molar-refractivity contribution is 7.99. The van der Waals surface area contributed by atoms with Gasteiger partial charge in [-0.25, -0.2) is 9.97 Å². The van der Waals surface area contributed by atoms with Crippen LogP contribution in [0.2, 0.25) is 0 Å². The monoisotopic (exact) mass is 361 g/mol. The fourth-order valence-corrected chi connectivity index (χ4v) is 4.17. The summed E-state index contributed by atoms with van der Waals surface area (Å²) in [6, 6.07) is 7.59. The fraction of sp³-hybridized carbons (Fsp3) is 0.353. The van der Waals surface area contributed by atoms with E-state index < -0.39 is 10.8 Å². The molecule has 0 fully saturated rings. The quantitative estimate of drug-likeness (QED) is 0.618. The van der Waals surface area contributed by atoms with Gasteiger partial charge in [0.25, 0.3) is 0 Å². The number of benzene rings is 1. The van der Waals surface area contributed by atoms with Gasteiger partial charge in [0.05, 0.1) is 5.75 Å². The largest absolute Gasteiger partial charge is 0.311 e. The lowest BCUT2D eigenvalue weighted by atomic mass is 10.2. The van der Waals surface area contributed by atoms with Crippen LogP contribution in [0.1, 0.15) is 17.0 Å². The SMILES string of the molecule is Cc1cc(C)nc(SCC(=O)N2CCc3cc(S(C)=O)ccc32)n1. The molecule has 1 amide bonds. The number of anilines is 1. The van der Waals surface area contributed by atoms with Gasteiger partial charge in [-0.05, 0) is 50.1 Å². The van der Waals surface area contributed by atoms with Crippen LogP contribution in [-0.4, -0.2) is 38.6 Å². The summed E-state index contributed by atoms with van der Waals surface area (Å²) < 4.78 is 11.6. The summed E-state index contributed by atoms with van der Waals surface area (Å²) in [5.74, 6) is 0.357. The van der Waals surface area contributed by atoms with Crippen molar-refractivity contribution in [1.29, 1.82) is 0 Å². The van der Waals surface area contributed by atoms with E-state index in [4.69, 9.17) is 0 Å². The Hall–Kier alpha value is -1.73. The van der Waals surface area contributed by atoms with Gasteiger partial charge in [-0.2, -0.15) is 0 Å². The first kappa shape index (κ1) is 17.1. The lowest BCUT2D eigenvalue weighted by Gasteiger charge is -2.17. The number of nitrogens with zero attached hydrogens (tertiary/aromatic N) is 3. The number of fused-ring (bicyclic) bond motifs is 1. The predicted molar refractivity (Wildman–Crippen MR) is 97.1 cm³/mol. The third kappa shape index (κ3) is 3.67. The van der Waals surface area contributed by atoms with Gasteiger partial charge in [0.15, 0.2) is 5.16 Å². The fourth-order valence-electron chi connectivity index (χ4n) is 2.78. The highest BCUT2D eigenvalue weighted by atomic mass is 32.2. The Bertz CT molecular complexity index is 803. The summed E-state index contributed by atoms with van der Waals surface area (Å²) in [6.07, 6.45) is 2.47. The molecule has 3 rings (SSSR count). The van der Waals surface area contributed by atoms with Crippen molar-refractivity contribution in [2.24, 2.45) is 0 Å². The van der Waals surface area contributed by atoms with E-state index in [0.29, 0.717) is 17.5 Å². The molecule has 0 aliphatic carbocycles. The zero-order valence-electron chi connectivity index (χ0n) is 13.9. The first-order chi connectivity index (χ1) is 11.4. The van der Waals surface area contributed by atoms with E-state index in [0.717, 1.165) is 34.0 Å². The number of aryl methyl sites for hydroxylation is 2. The van der Waals surface area contributed by atoms with E-state index >= 15 is 0 Å². The zero-order valence-corrected chi connectivity index (χ0v) is 15.5. The maximum Gasteiger partial charge on any atom is 0.237 e.